The molecule has 0 aliphatic heterocycles. The minimum Gasteiger partial charge on any atom is -0.489 e. The Labute approximate surface area is 236 Å². The average Bonchev–Trinajstić information content (AvgIpc) is 3.41. The quantitative estimate of drug-likeness (QED) is 0.198. The van der Waals surface area contributed by atoms with Crippen LogP contribution in [0.3, 0.4) is 0 Å². The number of carbonyl (C=O) groups is 2. The van der Waals surface area contributed by atoms with Crippen molar-refractivity contribution in [2.45, 2.75) is 26.0 Å². The number of fused-ring (bicyclic) bond motifs is 1. The Kier molecular flexibility index (Phi) is 8.22. The molecule has 40 heavy (non-hydrogen) atoms. The fraction of sp³-hybridized carbons (Fsp3) is 0.152. The zero-order valence-corrected chi connectivity index (χ0v) is 23.0. The molecule has 5 aromatic rings. The number of rotatable bonds is 9. The lowest BCUT2D eigenvalue weighted by atomic mass is 10.0. The van der Waals surface area contributed by atoms with Crippen molar-refractivity contribution in [3.05, 3.63) is 124 Å². The Morgan fingerprint density at radius 1 is 0.850 bits per heavy atom. The number of benzene rings is 4. The lowest BCUT2D eigenvalue weighted by Crippen LogP contribution is -2.42. The van der Waals surface area contributed by atoms with Gasteiger partial charge in [0.25, 0.3) is 5.91 Å². The first-order valence-corrected chi connectivity index (χ1v) is 13.6. The van der Waals surface area contributed by atoms with Crippen molar-refractivity contribution in [3.8, 4) is 16.9 Å². The molecule has 1 atom stereocenters. The van der Waals surface area contributed by atoms with Gasteiger partial charge in [-0.2, -0.15) is 0 Å². The van der Waals surface area contributed by atoms with Gasteiger partial charge in [-0.3, -0.25) is 4.79 Å². The molecule has 1 N–H and O–H groups in total. The van der Waals surface area contributed by atoms with E-state index in [-0.39, 0.29) is 18.1 Å². The number of hydrogen-bond donors (Lipinski definition) is 1. The van der Waals surface area contributed by atoms with Crippen LogP contribution in [0.2, 0.25) is 0 Å². The van der Waals surface area contributed by atoms with Crippen LogP contribution in [0.1, 0.15) is 26.4 Å². The Bertz CT molecular complexity index is 1630. The van der Waals surface area contributed by atoms with Crippen LogP contribution >= 0.6 is 11.3 Å². The molecule has 1 aromatic heterocycles. The summed E-state index contributed by atoms with van der Waals surface area (Å²) in [6.45, 7) is 2.36. The van der Waals surface area contributed by atoms with Gasteiger partial charge in [-0.25, -0.2) is 9.18 Å². The van der Waals surface area contributed by atoms with Crippen LogP contribution in [0.25, 0.3) is 21.2 Å². The second kappa shape index (κ2) is 12.1. The van der Waals surface area contributed by atoms with Crippen molar-refractivity contribution in [2.75, 3.05) is 7.11 Å². The van der Waals surface area contributed by atoms with Gasteiger partial charge in [0.1, 0.15) is 24.2 Å². The first-order chi connectivity index (χ1) is 19.4. The number of ether oxygens (including phenoxy) is 2. The largest absolute Gasteiger partial charge is 0.489 e. The number of esters is 1. The average molecular weight is 554 g/mol. The zero-order chi connectivity index (χ0) is 28.1. The summed E-state index contributed by atoms with van der Waals surface area (Å²) in [5.74, 6) is -0.498. The maximum absolute atomic E-state index is 13.2. The first kappa shape index (κ1) is 27.1. The number of thiophene rings is 1. The van der Waals surface area contributed by atoms with Gasteiger partial charge in [0.15, 0.2) is 0 Å². The Morgan fingerprint density at radius 3 is 2.23 bits per heavy atom. The topological polar surface area (TPSA) is 64.6 Å². The van der Waals surface area contributed by atoms with Crippen LogP contribution in [0.5, 0.6) is 5.75 Å². The van der Waals surface area contributed by atoms with Crippen LogP contribution < -0.4 is 10.1 Å². The molecule has 4 aromatic carbocycles. The minimum absolute atomic E-state index is 0.263. The van der Waals surface area contributed by atoms with Crippen molar-refractivity contribution >= 4 is 33.3 Å². The van der Waals surface area contributed by atoms with Crippen molar-refractivity contribution in [1.29, 1.82) is 0 Å². The Balaban J connectivity index is 1.25. The van der Waals surface area contributed by atoms with E-state index >= 15 is 0 Å². The number of halogens is 1. The van der Waals surface area contributed by atoms with Gasteiger partial charge >= 0.3 is 5.97 Å². The van der Waals surface area contributed by atoms with Crippen molar-refractivity contribution in [1.82, 2.24) is 5.32 Å². The zero-order valence-electron chi connectivity index (χ0n) is 22.1. The fourth-order valence-electron chi connectivity index (χ4n) is 4.35. The van der Waals surface area contributed by atoms with E-state index in [4.69, 9.17) is 9.47 Å². The van der Waals surface area contributed by atoms with Crippen LogP contribution in [0, 0.1) is 12.7 Å². The molecule has 5 nitrogen and oxygen atoms in total. The molecule has 5 rings (SSSR count). The summed E-state index contributed by atoms with van der Waals surface area (Å²) in [5.41, 5.74) is 5.08. The Hall–Kier alpha value is -4.49. The lowest BCUT2D eigenvalue weighted by Gasteiger charge is -2.16. The monoisotopic (exact) mass is 553 g/mol. The van der Waals surface area contributed by atoms with Crippen molar-refractivity contribution in [2.24, 2.45) is 0 Å². The highest BCUT2D eigenvalue weighted by Crippen LogP contribution is 2.30. The van der Waals surface area contributed by atoms with E-state index in [0.717, 1.165) is 32.3 Å². The number of carbonyl (C=O) groups excluding carboxylic acids is 2. The summed E-state index contributed by atoms with van der Waals surface area (Å²) in [7, 11) is 1.31. The van der Waals surface area contributed by atoms with Crippen LogP contribution in [0.4, 0.5) is 4.39 Å². The third kappa shape index (κ3) is 6.55. The van der Waals surface area contributed by atoms with Gasteiger partial charge in [-0.1, -0.05) is 60.2 Å². The molecule has 0 bridgehead atoms. The van der Waals surface area contributed by atoms with E-state index in [2.05, 4.69) is 48.6 Å². The summed E-state index contributed by atoms with van der Waals surface area (Å²) in [6, 6.07) is 28.9. The number of amides is 1. The number of methoxy groups -OCH3 is 1. The molecule has 0 radical (unpaired) electrons. The molecule has 1 heterocycles. The highest BCUT2D eigenvalue weighted by Gasteiger charge is 2.24. The summed E-state index contributed by atoms with van der Waals surface area (Å²) < 4.78 is 24.8. The SMILES string of the molecule is COC(=O)[C@H](Cc1ccc(OCc2ccc(F)cc2)cc1)NC(=O)c1cc2cc(-c3ccc(C)cc3)ccc2s1. The smallest absolute Gasteiger partial charge is 0.328 e. The third-order valence-electron chi connectivity index (χ3n) is 6.60. The molecular weight excluding hydrogens is 525 g/mol. The molecule has 0 unspecified atom stereocenters. The molecule has 0 saturated carbocycles. The molecule has 0 aliphatic rings. The standard InChI is InChI=1S/C33H28FNO4S/c1-21-3-9-24(10-4-21)25-11-16-30-26(18-25)19-31(40-30)32(36)35-29(33(37)38-2)17-22-7-14-28(15-8-22)39-20-23-5-12-27(34)13-6-23/h3-16,18-19,29H,17,20H2,1-2H3,(H,35,36)/t29-/m0/s1. The second-order valence-electron chi connectivity index (χ2n) is 9.54. The van der Waals surface area contributed by atoms with Gasteiger partial charge in [-0.15, -0.1) is 11.3 Å². The fourth-order valence-corrected chi connectivity index (χ4v) is 5.30. The van der Waals surface area contributed by atoms with Crippen LogP contribution in [-0.2, 0) is 22.6 Å². The maximum atomic E-state index is 13.2. The van der Waals surface area contributed by atoms with Gasteiger partial charge in [0.2, 0.25) is 0 Å². The molecular formula is C33H28FNO4S. The second-order valence-corrected chi connectivity index (χ2v) is 10.6. The van der Waals surface area contributed by atoms with E-state index in [0.29, 0.717) is 17.2 Å². The van der Waals surface area contributed by atoms with E-state index in [9.17, 15) is 14.0 Å². The summed E-state index contributed by atoms with van der Waals surface area (Å²) in [6.07, 6.45) is 0.263. The summed E-state index contributed by atoms with van der Waals surface area (Å²) in [5, 5.41) is 3.82. The van der Waals surface area contributed by atoms with Gasteiger partial charge < -0.3 is 14.8 Å². The highest BCUT2D eigenvalue weighted by molar-refractivity contribution is 7.20. The van der Waals surface area contributed by atoms with Crippen molar-refractivity contribution < 1.29 is 23.5 Å². The van der Waals surface area contributed by atoms with E-state index in [1.165, 1.54) is 36.1 Å². The molecule has 0 spiro atoms. The third-order valence-corrected chi connectivity index (χ3v) is 7.71. The lowest BCUT2D eigenvalue weighted by molar-refractivity contribution is -0.142. The highest BCUT2D eigenvalue weighted by atomic mass is 32.1. The molecule has 1 amide bonds. The minimum atomic E-state index is -0.850. The Morgan fingerprint density at radius 2 is 1.52 bits per heavy atom. The molecule has 0 saturated heterocycles. The predicted octanol–water partition coefficient (Wildman–Crippen LogP) is 7.11. The predicted molar refractivity (Wildman–Crippen MR) is 156 cm³/mol. The molecule has 0 aliphatic carbocycles. The van der Waals surface area contributed by atoms with E-state index in [1.54, 1.807) is 24.3 Å². The maximum Gasteiger partial charge on any atom is 0.328 e. The normalized spacial score (nSPS) is 11.7. The van der Waals surface area contributed by atoms with Gasteiger partial charge in [-0.05, 0) is 77.0 Å². The van der Waals surface area contributed by atoms with E-state index < -0.39 is 12.0 Å². The summed E-state index contributed by atoms with van der Waals surface area (Å²) >= 11 is 1.38. The molecule has 0 fully saturated rings. The van der Waals surface area contributed by atoms with Crippen molar-refractivity contribution in [3.63, 3.8) is 0 Å². The summed E-state index contributed by atoms with van der Waals surface area (Å²) in [4.78, 5) is 26.2. The first-order valence-electron chi connectivity index (χ1n) is 12.8. The van der Waals surface area contributed by atoms with Crippen LogP contribution in [0.15, 0.2) is 97.1 Å². The van der Waals surface area contributed by atoms with Gasteiger partial charge in [0.05, 0.1) is 12.0 Å². The van der Waals surface area contributed by atoms with E-state index in [1.807, 2.05) is 24.3 Å². The van der Waals surface area contributed by atoms with Gasteiger partial charge in [0, 0.05) is 11.1 Å². The number of nitrogens with one attached hydrogen (secondary N) is 1. The molecule has 202 valence electrons. The van der Waals surface area contributed by atoms with Crippen LogP contribution in [-0.4, -0.2) is 25.0 Å². The molecule has 7 heteroatoms. The number of hydrogen-bond acceptors (Lipinski definition) is 5. The number of aryl methyl sites for hydroxylation is 1.